The van der Waals surface area contributed by atoms with E-state index in [9.17, 15) is 4.79 Å². The number of rotatable bonds is 4. The number of aliphatic carboxylic acids is 1. The summed E-state index contributed by atoms with van der Waals surface area (Å²) in [7, 11) is 0. The molecule has 0 bridgehead atoms. The highest BCUT2D eigenvalue weighted by atomic mass is 19.1. The minimum absolute atomic E-state index is 0.0129. The summed E-state index contributed by atoms with van der Waals surface area (Å²) in [5.41, 5.74) is 2.95. The Morgan fingerprint density at radius 3 is 2.50 bits per heavy atom. The smallest absolute Gasteiger partial charge is 0.328 e. The molecule has 1 aliphatic heterocycles. The number of aromatic nitrogens is 1. The summed E-state index contributed by atoms with van der Waals surface area (Å²) < 4.78 is 30.9. The molecule has 0 saturated heterocycles. The lowest BCUT2D eigenvalue weighted by Crippen LogP contribution is -2.46. The first-order chi connectivity index (χ1) is 15.0. The van der Waals surface area contributed by atoms with Crippen molar-refractivity contribution < 1.29 is 18.7 Å². The zero-order valence-electron chi connectivity index (χ0n) is 18.7. The highest BCUT2D eigenvalue weighted by Crippen LogP contribution is 2.43. The van der Waals surface area contributed by atoms with E-state index in [0.717, 1.165) is 34.7 Å². The number of aromatic amines is 1. The Hall–Kier alpha value is -2.99. The van der Waals surface area contributed by atoms with Crippen molar-refractivity contribution in [2.45, 2.75) is 46.2 Å². The minimum Gasteiger partial charge on any atom is -0.478 e. The molecule has 4 nitrogen and oxygen atoms in total. The van der Waals surface area contributed by atoms with Crippen LogP contribution >= 0.6 is 0 Å². The van der Waals surface area contributed by atoms with Crippen molar-refractivity contribution in [3.63, 3.8) is 0 Å². The average molecular weight is 439 g/mol. The van der Waals surface area contributed by atoms with Crippen LogP contribution in [0.5, 0.6) is 0 Å². The zero-order chi connectivity index (χ0) is 23.2. The second-order valence-electron chi connectivity index (χ2n) is 9.82. The molecule has 1 aliphatic rings. The van der Waals surface area contributed by atoms with Gasteiger partial charge in [0.1, 0.15) is 11.6 Å². The van der Waals surface area contributed by atoms with Crippen molar-refractivity contribution in [2.24, 2.45) is 5.41 Å². The van der Waals surface area contributed by atoms with Crippen molar-refractivity contribution >= 4 is 22.9 Å². The van der Waals surface area contributed by atoms with Crippen LogP contribution in [0.15, 0.2) is 42.5 Å². The Labute approximate surface area is 186 Å². The van der Waals surface area contributed by atoms with Crippen molar-refractivity contribution in [3.05, 3.63) is 76.5 Å². The van der Waals surface area contributed by atoms with Crippen LogP contribution in [0, 0.1) is 17.0 Å². The van der Waals surface area contributed by atoms with E-state index >= 15 is 8.78 Å². The van der Waals surface area contributed by atoms with Gasteiger partial charge >= 0.3 is 5.97 Å². The summed E-state index contributed by atoms with van der Waals surface area (Å²) in [6.07, 6.45) is 2.86. The maximum atomic E-state index is 15.4. The Bertz CT molecular complexity index is 1180. The van der Waals surface area contributed by atoms with E-state index in [1.165, 1.54) is 18.2 Å². The van der Waals surface area contributed by atoms with E-state index in [0.29, 0.717) is 6.54 Å². The van der Waals surface area contributed by atoms with Gasteiger partial charge in [-0.15, -0.1) is 0 Å². The molecule has 0 fully saturated rings. The Morgan fingerprint density at radius 1 is 1.22 bits per heavy atom. The molecule has 6 heteroatoms. The predicted molar refractivity (Wildman–Crippen MR) is 122 cm³/mol. The number of hydrogen-bond donors (Lipinski definition) is 2. The van der Waals surface area contributed by atoms with E-state index in [-0.39, 0.29) is 22.6 Å². The zero-order valence-corrected chi connectivity index (χ0v) is 18.7. The molecule has 2 aromatic carbocycles. The number of carbonyl (C=O) groups is 1. The minimum atomic E-state index is -1.17. The van der Waals surface area contributed by atoms with Crippen LogP contribution in [-0.2, 0) is 11.2 Å². The number of halogens is 2. The summed E-state index contributed by atoms with van der Waals surface area (Å²) in [5, 5.41) is 9.92. The first-order valence-corrected chi connectivity index (χ1v) is 10.8. The molecular formula is C26H28F2N2O2. The largest absolute Gasteiger partial charge is 0.478 e. The molecular weight excluding hydrogens is 410 g/mol. The molecule has 1 aromatic heterocycles. The fourth-order valence-electron chi connectivity index (χ4n) is 4.74. The van der Waals surface area contributed by atoms with Crippen LogP contribution in [-0.4, -0.2) is 33.5 Å². The maximum Gasteiger partial charge on any atom is 0.328 e. The SMILES string of the molecule is C[C@@H]1Cc2c([nH]c3ccccc23)[C@@H](c2c(F)cc(/C=C/C(=O)O)cc2F)N1CC(C)(C)C. The Balaban J connectivity index is 1.92. The molecule has 0 radical (unpaired) electrons. The molecule has 2 N–H and O–H groups in total. The number of nitrogens with zero attached hydrogens (tertiary/aromatic N) is 1. The lowest BCUT2D eigenvalue weighted by Gasteiger charge is -2.44. The molecule has 32 heavy (non-hydrogen) atoms. The molecule has 0 spiro atoms. The van der Waals surface area contributed by atoms with E-state index in [4.69, 9.17) is 5.11 Å². The van der Waals surface area contributed by atoms with Gasteiger partial charge in [0.15, 0.2) is 0 Å². The van der Waals surface area contributed by atoms with Crippen molar-refractivity contribution in [1.82, 2.24) is 9.88 Å². The van der Waals surface area contributed by atoms with Gasteiger partial charge < -0.3 is 10.1 Å². The number of fused-ring (bicyclic) bond motifs is 3. The first kappa shape index (κ1) is 22.2. The number of carboxylic acid groups (broad SMARTS) is 1. The monoisotopic (exact) mass is 438 g/mol. The van der Waals surface area contributed by atoms with Crippen molar-refractivity contribution in [1.29, 1.82) is 0 Å². The quantitative estimate of drug-likeness (QED) is 0.497. The third-order valence-corrected chi connectivity index (χ3v) is 5.97. The number of carboxylic acids is 1. The van der Waals surface area contributed by atoms with Gasteiger partial charge in [0, 0.05) is 40.8 Å². The van der Waals surface area contributed by atoms with E-state index in [1.54, 1.807) is 0 Å². The number of H-pyrrole nitrogens is 1. The maximum absolute atomic E-state index is 15.4. The van der Waals surface area contributed by atoms with Gasteiger partial charge in [-0.05, 0) is 54.2 Å². The van der Waals surface area contributed by atoms with Gasteiger partial charge in [-0.3, -0.25) is 4.90 Å². The fraction of sp³-hybridized carbons (Fsp3) is 0.346. The molecule has 0 amide bonds. The highest BCUT2D eigenvalue weighted by Gasteiger charge is 2.40. The summed E-state index contributed by atoms with van der Waals surface area (Å²) in [6, 6.07) is 9.82. The molecule has 168 valence electrons. The topological polar surface area (TPSA) is 56.3 Å². The van der Waals surface area contributed by atoms with Crippen LogP contribution in [0.2, 0.25) is 0 Å². The number of nitrogens with one attached hydrogen (secondary N) is 1. The lowest BCUT2D eigenvalue weighted by molar-refractivity contribution is -0.131. The van der Waals surface area contributed by atoms with Gasteiger partial charge in [-0.25, -0.2) is 13.6 Å². The van der Waals surface area contributed by atoms with E-state index in [1.807, 2.05) is 24.3 Å². The standard InChI is InChI=1S/C26H28F2N2O2/c1-15-11-18-17-7-5-6-8-21(17)29-24(18)25(30(15)14-26(2,3)4)23-19(27)12-16(13-20(23)28)9-10-22(31)32/h5-10,12-13,15,25,29H,11,14H2,1-4H3,(H,31,32)/b10-9+/t15-,25-/m1/s1. The number of hydrogen-bond acceptors (Lipinski definition) is 2. The van der Waals surface area contributed by atoms with Crippen LogP contribution in [0.3, 0.4) is 0 Å². The molecule has 0 aliphatic carbocycles. The summed E-state index contributed by atoms with van der Waals surface area (Å²) in [5.74, 6) is -2.54. The van der Waals surface area contributed by atoms with Crippen LogP contribution in [0.4, 0.5) is 8.78 Å². The van der Waals surface area contributed by atoms with Crippen molar-refractivity contribution in [3.8, 4) is 0 Å². The molecule has 2 atom stereocenters. The van der Waals surface area contributed by atoms with Gasteiger partial charge in [-0.2, -0.15) is 0 Å². The van der Waals surface area contributed by atoms with Crippen LogP contribution in [0.1, 0.15) is 56.1 Å². The molecule has 3 aromatic rings. The third kappa shape index (κ3) is 4.19. The Morgan fingerprint density at radius 2 is 1.88 bits per heavy atom. The molecule has 4 rings (SSSR count). The van der Waals surface area contributed by atoms with Gasteiger partial charge in [-0.1, -0.05) is 39.0 Å². The Kier molecular flexibility index (Phi) is 5.67. The number of para-hydroxylation sites is 1. The molecule has 2 heterocycles. The summed E-state index contributed by atoms with van der Waals surface area (Å²) in [4.78, 5) is 16.4. The summed E-state index contributed by atoms with van der Waals surface area (Å²) in [6.45, 7) is 9.11. The van der Waals surface area contributed by atoms with Crippen LogP contribution in [0.25, 0.3) is 17.0 Å². The van der Waals surface area contributed by atoms with Gasteiger partial charge in [0.05, 0.1) is 6.04 Å². The normalized spacial score (nSPS) is 19.6. The lowest BCUT2D eigenvalue weighted by atomic mass is 9.85. The van der Waals surface area contributed by atoms with Crippen LogP contribution < -0.4 is 0 Å². The van der Waals surface area contributed by atoms with E-state index < -0.39 is 23.6 Å². The second kappa shape index (κ2) is 8.17. The van der Waals surface area contributed by atoms with Gasteiger partial charge in [0.25, 0.3) is 0 Å². The van der Waals surface area contributed by atoms with Gasteiger partial charge in [0.2, 0.25) is 0 Å². The summed E-state index contributed by atoms with van der Waals surface area (Å²) >= 11 is 0. The average Bonchev–Trinajstić information content (AvgIpc) is 3.05. The highest BCUT2D eigenvalue weighted by molar-refractivity contribution is 5.86. The number of benzene rings is 2. The second-order valence-corrected chi connectivity index (χ2v) is 9.82. The first-order valence-electron chi connectivity index (χ1n) is 10.8. The van der Waals surface area contributed by atoms with Crippen molar-refractivity contribution in [2.75, 3.05) is 6.54 Å². The predicted octanol–water partition coefficient (Wildman–Crippen LogP) is 5.93. The molecule has 0 saturated carbocycles. The third-order valence-electron chi connectivity index (χ3n) is 5.97. The fourth-order valence-corrected chi connectivity index (χ4v) is 4.74. The molecule has 0 unspecified atom stereocenters. The van der Waals surface area contributed by atoms with E-state index in [2.05, 4.69) is 37.6 Å².